The third-order valence-corrected chi connectivity index (χ3v) is 4.09. The second-order valence-electron chi connectivity index (χ2n) is 7.31. The summed E-state index contributed by atoms with van der Waals surface area (Å²) in [6.07, 6.45) is -0.622. The summed E-state index contributed by atoms with van der Waals surface area (Å²) in [6.45, 7) is 5.31. The monoisotopic (exact) mass is 413 g/mol. The zero-order valence-corrected chi connectivity index (χ0v) is 16.9. The maximum atomic E-state index is 12.3. The van der Waals surface area contributed by atoms with Gasteiger partial charge in [0.1, 0.15) is 11.4 Å². The number of benzene rings is 2. The van der Waals surface area contributed by atoms with Gasteiger partial charge in [-0.3, -0.25) is 5.32 Å². The highest BCUT2D eigenvalue weighted by Crippen LogP contribution is 2.26. The predicted molar refractivity (Wildman–Crippen MR) is 111 cm³/mol. The highest BCUT2D eigenvalue weighted by atomic mass is 35.5. The molecule has 3 rings (SSSR count). The maximum absolute atomic E-state index is 12.3. The van der Waals surface area contributed by atoms with E-state index in [4.69, 9.17) is 21.4 Å². The number of carbonyl (C=O) groups excluding carboxylic acids is 1. The van der Waals surface area contributed by atoms with Crippen LogP contribution < -0.4 is 5.32 Å². The van der Waals surface area contributed by atoms with Crippen molar-refractivity contribution in [2.75, 3.05) is 5.32 Å². The number of ether oxygens (including phenoxy) is 1. The first-order valence-electron chi connectivity index (χ1n) is 8.82. The van der Waals surface area contributed by atoms with E-state index < -0.39 is 17.7 Å². The fourth-order valence-corrected chi connectivity index (χ4v) is 2.71. The van der Waals surface area contributed by atoms with Crippen LogP contribution in [0, 0.1) is 0 Å². The van der Waals surface area contributed by atoms with E-state index in [1.807, 2.05) is 12.1 Å². The van der Waals surface area contributed by atoms with Crippen molar-refractivity contribution in [3.05, 3.63) is 65.2 Å². The second-order valence-corrected chi connectivity index (χ2v) is 7.75. The van der Waals surface area contributed by atoms with Crippen LogP contribution in [0.15, 0.2) is 54.6 Å². The molecular formula is C21H20ClN3O4. The van der Waals surface area contributed by atoms with Crippen LogP contribution in [0.3, 0.4) is 0 Å². The van der Waals surface area contributed by atoms with Crippen LogP contribution in [-0.2, 0) is 4.74 Å². The number of aromatic nitrogens is 2. The van der Waals surface area contributed by atoms with Crippen LogP contribution in [0.2, 0.25) is 5.02 Å². The molecule has 8 heteroatoms. The topological polar surface area (TPSA) is 93.5 Å². The molecule has 0 saturated carbocycles. The Morgan fingerprint density at radius 1 is 1.07 bits per heavy atom. The van der Waals surface area contributed by atoms with Crippen LogP contribution in [0.5, 0.6) is 0 Å². The molecule has 1 amide bonds. The first-order valence-corrected chi connectivity index (χ1v) is 9.20. The molecule has 0 atom stereocenters. The number of hydrogen-bond donors (Lipinski definition) is 2. The Labute approximate surface area is 172 Å². The summed E-state index contributed by atoms with van der Waals surface area (Å²) < 4.78 is 6.84. The van der Waals surface area contributed by atoms with Crippen molar-refractivity contribution >= 4 is 29.5 Å². The van der Waals surface area contributed by atoms with Crippen molar-refractivity contribution < 1.29 is 19.4 Å². The number of nitrogens with zero attached hydrogens (tertiary/aromatic N) is 2. The fraction of sp³-hybridized carbons (Fsp3) is 0.190. The lowest BCUT2D eigenvalue weighted by molar-refractivity contribution is 0.0633. The Morgan fingerprint density at radius 2 is 1.69 bits per heavy atom. The van der Waals surface area contributed by atoms with Crippen LogP contribution >= 0.6 is 11.6 Å². The standard InChI is InChI=1S/C21H20ClN3O4/c1-21(2,3)29-20(28)23-18-12-17(13-4-8-15(22)9-5-13)24-25(18)16-10-6-14(7-11-16)19(26)27/h4-12H,1-3H3,(H,23,28)(H,26,27). The van der Waals surface area contributed by atoms with Crippen LogP contribution in [0.4, 0.5) is 10.6 Å². The Balaban J connectivity index is 2.00. The number of hydrogen-bond acceptors (Lipinski definition) is 4. The lowest BCUT2D eigenvalue weighted by atomic mass is 10.1. The Kier molecular flexibility index (Phi) is 5.61. The zero-order chi connectivity index (χ0) is 21.2. The van der Waals surface area contributed by atoms with E-state index in [0.717, 1.165) is 5.56 Å². The van der Waals surface area contributed by atoms with Gasteiger partial charge in [0.15, 0.2) is 0 Å². The average Bonchev–Trinajstić information content (AvgIpc) is 3.04. The first kappa shape index (κ1) is 20.4. The summed E-state index contributed by atoms with van der Waals surface area (Å²) in [5.41, 5.74) is 1.50. The Hall–Kier alpha value is -3.32. The van der Waals surface area contributed by atoms with Crippen LogP contribution in [-0.4, -0.2) is 32.6 Å². The maximum Gasteiger partial charge on any atom is 0.413 e. The van der Waals surface area contributed by atoms with Gasteiger partial charge >= 0.3 is 12.1 Å². The highest BCUT2D eigenvalue weighted by molar-refractivity contribution is 6.30. The summed E-state index contributed by atoms with van der Waals surface area (Å²) >= 11 is 5.96. The molecule has 7 nitrogen and oxygen atoms in total. The SMILES string of the molecule is CC(C)(C)OC(=O)Nc1cc(-c2ccc(Cl)cc2)nn1-c1ccc(C(=O)O)cc1. The van der Waals surface area contributed by atoms with Gasteiger partial charge in [0.2, 0.25) is 0 Å². The van der Waals surface area contributed by atoms with E-state index in [9.17, 15) is 9.59 Å². The molecule has 0 bridgehead atoms. The predicted octanol–water partition coefficient (Wildman–Crippen LogP) is 5.24. The molecule has 0 aliphatic carbocycles. The summed E-state index contributed by atoms with van der Waals surface area (Å²) in [4.78, 5) is 23.4. The summed E-state index contributed by atoms with van der Waals surface area (Å²) in [5, 5.41) is 17.0. The van der Waals surface area contributed by atoms with Crippen LogP contribution in [0.25, 0.3) is 16.9 Å². The molecule has 150 valence electrons. The second kappa shape index (κ2) is 7.97. The molecule has 0 spiro atoms. The third-order valence-electron chi connectivity index (χ3n) is 3.84. The van der Waals surface area contributed by atoms with Crippen molar-refractivity contribution in [2.24, 2.45) is 0 Å². The van der Waals surface area contributed by atoms with E-state index in [-0.39, 0.29) is 5.56 Å². The van der Waals surface area contributed by atoms with Gasteiger partial charge in [0.25, 0.3) is 0 Å². The minimum absolute atomic E-state index is 0.153. The average molecular weight is 414 g/mol. The van der Waals surface area contributed by atoms with Crippen molar-refractivity contribution in [2.45, 2.75) is 26.4 Å². The summed E-state index contributed by atoms with van der Waals surface area (Å²) in [6, 6.07) is 15.0. The smallest absolute Gasteiger partial charge is 0.413 e. The molecule has 29 heavy (non-hydrogen) atoms. The lowest BCUT2D eigenvalue weighted by Gasteiger charge is -2.19. The minimum atomic E-state index is -1.02. The van der Waals surface area contributed by atoms with E-state index >= 15 is 0 Å². The largest absolute Gasteiger partial charge is 0.478 e. The lowest BCUT2D eigenvalue weighted by Crippen LogP contribution is -2.27. The number of aromatic carboxylic acids is 1. The molecule has 0 radical (unpaired) electrons. The van der Waals surface area contributed by atoms with E-state index in [0.29, 0.717) is 22.2 Å². The molecule has 2 N–H and O–H groups in total. The first-order chi connectivity index (χ1) is 13.6. The number of carboxylic acid groups (broad SMARTS) is 1. The molecule has 2 aromatic carbocycles. The highest BCUT2D eigenvalue weighted by Gasteiger charge is 2.19. The van der Waals surface area contributed by atoms with Crippen LogP contribution in [0.1, 0.15) is 31.1 Å². The van der Waals surface area contributed by atoms with E-state index in [1.165, 1.54) is 16.8 Å². The van der Waals surface area contributed by atoms with Gasteiger partial charge in [0, 0.05) is 16.7 Å². The summed E-state index contributed by atoms with van der Waals surface area (Å²) in [5.74, 6) is -0.641. The zero-order valence-electron chi connectivity index (χ0n) is 16.1. The molecule has 1 heterocycles. The van der Waals surface area contributed by atoms with Gasteiger partial charge in [-0.25, -0.2) is 14.3 Å². The van der Waals surface area contributed by atoms with Crippen molar-refractivity contribution in [1.82, 2.24) is 9.78 Å². The van der Waals surface area contributed by atoms with Crippen molar-refractivity contribution in [3.8, 4) is 16.9 Å². The van der Waals surface area contributed by atoms with E-state index in [1.54, 1.807) is 51.1 Å². The van der Waals surface area contributed by atoms with Crippen molar-refractivity contribution in [1.29, 1.82) is 0 Å². The van der Waals surface area contributed by atoms with Gasteiger partial charge in [0.05, 0.1) is 16.9 Å². The molecule has 0 fully saturated rings. The molecule has 0 unspecified atom stereocenters. The molecule has 0 aliphatic rings. The fourth-order valence-electron chi connectivity index (χ4n) is 2.58. The number of rotatable bonds is 4. The number of halogens is 1. The van der Waals surface area contributed by atoms with Crippen molar-refractivity contribution in [3.63, 3.8) is 0 Å². The Morgan fingerprint density at radius 3 is 2.24 bits per heavy atom. The van der Waals surface area contributed by atoms with Gasteiger partial charge < -0.3 is 9.84 Å². The van der Waals surface area contributed by atoms with Gasteiger partial charge in [-0.05, 0) is 57.2 Å². The molecule has 1 aromatic heterocycles. The third kappa shape index (κ3) is 5.14. The normalized spacial score (nSPS) is 11.2. The Bertz CT molecular complexity index is 1040. The van der Waals surface area contributed by atoms with E-state index in [2.05, 4.69) is 10.4 Å². The number of carboxylic acids is 1. The molecule has 3 aromatic rings. The van der Waals surface area contributed by atoms with Gasteiger partial charge in [-0.2, -0.15) is 5.10 Å². The molecule has 0 aliphatic heterocycles. The minimum Gasteiger partial charge on any atom is -0.478 e. The summed E-state index contributed by atoms with van der Waals surface area (Å²) in [7, 11) is 0. The van der Waals surface area contributed by atoms with Gasteiger partial charge in [-0.15, -0.1) is 0 Å². The number of anilines is 1. The number of nitrogens with one attached hydrogen (secondary N) is 1. The van der Waals surface area contributed by atoms with Gasteiger partial charge in [-0.1, -0.05) is 23.7 Å². The molecule has 0 saturated heterocycles. The molecular weight excluding hydrogens is 394 g/mol. The quantitative estimate of drug-likeness (QED) is 0.610. The number of carbonyl (C=O) groups is 2. The number of amides is 1.